The summed E-state index contributed by atoms with van der Waals surface area (Å²) in [5.41, 5.74) is 6.59. The number of nitrogen functional groups attached to an aromatic ring is 1. The van der Waals surface area contributed by atoms with Crippen molar-refractivity contribution in [2.24, 2.45) is 5.92 Å². The van der Waals surface area contributed by atoms with Crippen LogP contribution < -0.4 is 10.6 Å². The van der Waals surface area contributed by atoms with E-state index in [0.29, 0.717) is 42.8 Å². The maximum atomic E-state index is 13.0. The molecule has 0 unspecified atom stereocenters. The zero-order valence-corrected chi connectivity index (χ0v) is 17.4. The Balaban J connectivity index is 2.00. The van der Waals surface area contributed by atoms with E-state index in [2.05, 4.69) is 32.7 Å². The van der Waals surface area contributed by atoms with Gasteiger partial charge in [0.15, 0.2) is 5.65 Å². The van der Waals surface area contributed by atoms with Crippen molar-refractivity contribution in [2.45, 2.75) is 39.2 Å². The van der Waals surface area contributed by atoms with Crippen LogP contribution in [0.4, 0.5) is 16.3 Å². The molecule has 2 aromatic rings. The lowest BCUT2D eigenvalue weighted by molar-refractivity contribution is 0.0515. The Morgan fingerprint density at radius 1 is 1.46 bits per heavy atom. The van der Waals surface area contributed by atoms with Crippen LogP contribution in [0.5, 0.6) is 0 Å². The summed E-state index contributed by atoms with van der Waals surface area (Å²) < 4.78 is 13.6. The van der Waals surface area contributed by atoms with E-state index in [-0.39, 0.29) is 0 Å². The molecule has 8 nitrogen and oxygen atoms in total. The summed E-state index contributed by atoms with van der Waals surface area (Å²) in [4.78, 5) is 19.0. The molecule has 2 aromatic heterocycles. The molecule has 0 radical (unpaired) electrons. The van der Waals surface area contributed by atoms with Gasteiger partial charge >= 0.3 is 6.09 Å². The third kappa shape index (κ3) is 4.37. The summed E-state index contributed by atoms with van der Waals surface area (Å²) in [6.45, 7) is 7.51. The van der Waals surface area contributed by atoms with E-state index in [9.17, 15) is 4.79 Å². The number of nitrogens with two attached hydrogens (primary N) is 1. The van der Waals surface area contributed by atoms with Crippen molar-refractivity contribution in [3.63, 3.8) is 0 Å². The maximum absolute atomic E-state index is 13.0. The number of nitrogens with zero attached hydrogens (tertiary/aromatic N) is 4. The van der Waals surface area contributed by atoms with E-state index in [4.69, 9.17) is 15.2 Å². The predicted octanol–water partition coefficient (Wildman–Crippen LogP) is 3.08. The highest BCUT2D eigenvalue weighted by molar-refractivity contribution is 14.1. The molecule has 26 heavy (non-hydrogen) atoms. The first kappa shape index (κ1) is 19.2. The summed E-state index contributed by atoms with van der Waals surface area (Å²) in [7, 11) is 0. The van der Waals surface area contributed by atoms with Crippen LogP contribution in [0.25, 0.3) is 5.65 Å². The van der Waals surface area contributed by atoms with Gasteiger partial charge in [0.25, 0.3) is 0 Å². The molecule has 3 heterocycles. The van der Waals surface area contributed by atoms with Crippen LogP contribution >= 0.6 is 22.6 Å². The Labute approximate surface area is 166 Å². The lowest BCUT2D eigenvalue weighted by atomic mass is 9.99. The van der Waals surface area contributed by atoms with Crippen molar-refractivity contribution in [1.29, 1.82) is 0 Å². The molecule has 1 fully saturated rings. The van der Waals surface area contributed by atoms with Gasteiger partial charge in [-0.25, -0.2) is 14.3 Å². The van der Waals surface area contributed by atoms with Crippen LogP contribution in [0.15, 0.2) is 12.3 Å². The fourth-order valence-electron chi connectivity index (χ4n) is 2.92. The number of carbonyl (C=O) groups is 1. The fourth-order valence-corrected chi connectivity index (χ4v) is 3.39. The Morgan fingerprint density at radius 3 is 2.81 bits per heavy atom. The average Bonchev–Trinajstić information content (AvgIpc) is 2.92. The van der Waals surface area contributed by atoms with Crippen molar-refractivity contribution < 1.29 is 14.3 Å². The molecule has 0 bridgehead atoms. The van der Waals surface area contributed by atoms with Crippen molar-refractivity contribution >= 4 is 45.8 Å². The van der Waals surface area contributed by atoms with E-state index in [0.717, 1.165) is 16.5 Å². The second kappa shape index (κ2) is 7.55. The molecule has 1 saturated heterocycles. The Kier molecular flexibility index (Phi) is 5.56. The number of fused-ring (bicyclic) bond motifs is 1. The minimum absolute atomic E-state index is 0.323. The molecule has 3 rings (SSSR count). The molecule has 0 spiro atoms. The summed E-state index contributed by atoms with van der Waals surface area (Å²) in [5.74, 6) is 0.656. The standard InChI is InChI=1S/C17H24IN5O3/c1-17(2,3)26-16(24)22(10-11-4-6-25-7-5-11)12-8-14(19)21-23-13(18)9-20-15(12)23/h8-9,11H,4-7,10H2,1-3H3,(H2,19,21). The molecule has 1 amide bonds. The second-order valence-corrected chi connectivity index (χ2v) is 8.52. The van der Waals surface area contributed by atoms with Gasteiger partial charge in [-0.15, -0.1) is 5.10 Å². The normalized spacial score (nSPS) is 16.0. The molecule has 0 atom stereocenters. The summed E-state index contributed by atoms with van der Waals surface area (Å²) in [6, 6.07) is 1.68. The lowest BCUT2D eigenvalue weighted by Gasteiger charge is -2.31. The van der Waals surface area contributed by atoms with Crippen LogP contribution in [-0.2, 0) is 9.47 Å². The highest BCUT2D eigenvalue weighted by Gasteiger charge is 2.29. The number of hydrogen-bond acceptors (Lipinski definition) is 6. The number of ether oxygens (including phenoxy) is 2. The molecule has 1 aliphatic rings. The van der Waals surface area contributed by atoms with Gasteiger partial charge in [0, 0.05) is 25.8 Å². The number of amides is 1. The lowest BCUT2D eigenvalue weighted by Crippen LogP contribution is -2.41. The largest absolute Gasteiger partial charge is 0.443 e. The smallest absolute Gasteiger partial charge is 0.414 e. The average molecular weight is 473 g/mol. The van der Waals surface area contributed by atoms with Crippen molar-refractivity contribution in [2.75, 3.05) is 30.4 Å². The zero-order chi connectivity index (χ0) is 18.9. The highest BCUT2D eigenvalue weighted by atomic mass is 127. The SMILES string of the molecule is CC(C)(C)OC(=O)N(CC1CCOCC1)c1cc(N)nn2c(I)cnc12. The first-order valence-corrected chi connectivity index (χ1v) is 9.70. The minimum Gasteiger partial charge on any atom is -0.443 e. The molecular formula is C17H24IN5O3. The van der Waals surface area contributed by atoms with E-state index in [1.54, 1.807) is 21.7 Å². The number of carbonyl (C=O) groups excluding carboxylic acids is 1. The quantitative estimate of drug-likeness (QED) is 0.689. The van der Waals surface area contributed by atoms with Gasteiger partial charge in [-0.1, -0.05) is 0 Å². The maximum Gasteiger partial charge on any atom is 0.414 e. The summed E-state index contributed by atoms with van der Waals surface area (Å²) in [6.07, 6.45) is 3.10. The van der Waals surface area contributed by atoms with Crippen molar-refractivity contribution in [1.82, 2.24) is 14.6 Å². The molecule has 2 N–H and O–H groups in total. The molecule has 1 aliphatic heterocycles. The number of hydrogen-bond donors (Lipinski definition) is 1. The van der Waals surface area contributed by atoms with Gasteiger partial charge in [0.2, 0.25) is 0 Å². The number of imidazole rings is 1. The van der Waals surface area contributed by atoms with E-state index in [1.807, 2.05) is 20.8 Å². The van der Waals surface area contributed by atoms with Gasteiger partial charge in [0.1, 0.15) is 15.1 Å². The second-order valence-electron chi connectivity index (χ2n) is 7.42. The molecule has 9 heteroatoms. The molecular weight excluding hydrogens is 449 g/mol. The Morgan fingerprint density at radius 2 is 2.15 bits per heavy atom. The number of rotatable bonds is 3. The van der Waals surface area contributed by atoms with Crippen LogP contribution in [0.1, 0.15) is 33.6 Å². The van der Waals surface area contributed by atoms with Gasteiger partial charge in [-0.3, -0.25) is 4.90 Å². The topological polar surface area (TPSA) is 95.0 Å². The Bertz CT molecular complexity index is 796. The molecule has 0 aromatic carbocycles. The van der Waals surface area contributed by atoms with E-state index in [1.165, 1.54) is 0 Å². The summed E-state index contributed by atoms with van der Waals surface area (Å²) >= 11 is 2.14. The van der Waals surface area contributed by atoms with Crippen LogP contribution in [0.3, 0.4) is 0 Å². The minimum atomic E-state index is -0.594. The third-order valence-electron chi connectivity index (χ3n) is 4.11. The van der Waals surface area contributed by atoms with E-state index < -0.39 is 11.7 Å². The Hall–Kier alpha value is -1.62. The highest BCUT2D eigenvalue weighted by Crippen LogP contribution is 2.28. The zero-order valence-electron chi connectivity index (χ0n) is 15.2. The third-order valence-corrected chi connectivity index (χ3v) is 4.85. The van der Waals surface area contributed by atoms with E-state index >= 15 is 0 Å². The van der Waals surface area contributed by atoms with Gasteiger partial charge < -0.3 is 15.2 Å². The number of halogens is 1. The van der Waals surface area contributed by atoms with Crippen LogP contribution in [-0.4, -0.2) is 46.1 Å². The fraction of sp³-hybridized carbons (Fsp3) is 0.588. The monoisotopic (exact) mass is 473 g/mol. The van der Waals surface area contributed by atoms with Crippen LogP contribution in [0.2, 0.25) is 0 Å². The first-order chi connectivity index (χ1) is 12.2. The first-order valence-electron chi connectivity index (χ1n) is 8.62. The predicted molar refractivity (Wildman–Crippen MR) is 107 cm³/mol. The van der Waals surface area contributed by atoms with Gasteiger partial charge in [0.05, 0.1) is 11.9 Å². The number of aromatic nitrogens is 3. The summed E-state index contributed by atoms with van der Waals surface area (Å²) in [5, 5.41) is 4.28. The van der Waals surface area contributed by atoms with Gasteiger partial charge in [-0.2, -0.15) is 0 Å². The van der Waals surface area contributed by atoms with Gasteiger partial charge in [-0.05, 0) is 62.1 Å². The molecule has 0 aliphatic carbocycles. The molecule has 0 saturated carbocycles. The van der Waals surface area contributed by atoms with Crippen molar-refractivity contribution in [3.8, 4) is 0 Å². The van der Waals surface area contributed by atoms with Crippen molar-refractivity contribution in [3.05, 3.63) is 16.0 Å². The molecule has 142 valence electrons. The number of anilines is 2. The van der Waals surface area contributed by atoms with Crippen LogP contribution in [0, 0.1) is 9.62 Å².